The Labute approximate surface area is 79.4 Å². The van der Waals surface area contributed by atoms with E-state index in [1.165, 1.54) is 12.1 Å². The molecule has 5 heteroatoms. The number of benzene rings is 1. The summed E-state index contributed by atoms with van der Waals surface area (Å²) in [6.45, 7) is 0.120. The second-order valence-electron chi connectivity index (χ2n) is 2.87. The molecule has 0 aromatic heterocycles. The first-order valence-electron chi connectivity index (χ1n) is 3.99. The Morgan fingerprint density at radius 3 is 2.50 bits per heavy atom. The topological polar surface area (TPSA) is 32.3 Å². The van der Waals surface area contributed by atoms with E-state index in [4.69, 9.17) is 5.11 Å². The van der Waals surface area contributed by atoms with Gasteiger partial charge in [-0.05, 0) is 24.7 Å². The van der Waals surface area contributed by atoms with Crippen LogP contribution in [0.5, 0.6) is 5.75 Å². The molecule has 0 amide bonds. The molecule has 1 aromatic rings. The van der Waals surface area contributed by atoms with Crippen LogP contribution >= 0.6 is 0 Å². The Bertz CT molecular complexity index is 322. The van der Waals surface area contributed by atoms with Gasteiger partial charge in [0.2, 0.25) is 0 Å². The SMILES string of the molecule is CNCc1ccc(O)cc1C(F)(F)F. The highest BCUT2D eigenvalue weighted by Gasteiger charge is 2.33. The predicted octanol–water partition coefficient (Wildman–Crippen LogP) is 2.13. The van der Waals surface area contributed by atoms with Crippen molar-refractivity contribution in [2.75, 3.05) is 7.05 Å². The number of nitrogens with one attached hydrogen (secondary N) is 1. The van der Waals surface area contributed by atoms with Crippen molar-refractivity contribution in [1.29, 1.82) is 0 Å². The van der Waals surface area contributed by atoms with Crippen molar-refractivity contribution in [3.05, 3.63) is 29.3 Å². The van der Waals surface area contributed by atoms with Gasteiger partial charge in [0, 0.05) is 6.54 Å². The molecule has 0 unspecified atom stereocenters. The number of halogens is 3. The molecule has 2 nitrogen and oxygen atoms in total. The molecule has 0 saturated carbocycles. The Hall–Kier alpha value is -1.23. The van der Waals surface area contributed by atoms with Gasteiger partial charge in [-0.15, -0.1) is 0 Å². The molecule has 78 valence electrons. The van der Waals surface area contributed by atoms with E-state index in [1.54, 1.807) is 7.05 Å². The number of aromatic hydroxyl groups is 1. The third-order valence-electron chi connectivity index (χ3n) is 1.77. The fraction of sp³-hybridized carbons (Fsp3) is 0.333. The van der Waals surface area contributed by atoms with Crippen molar-refractivity contribution in [2.45, 2.75) is 12.7 Å². The summed E-state index contributed by atoms with van der Waals surface area (Å²) in [4.78, 5) is 0. The van der Waals surface area contributed by atoms with Crippen LogP contribution in [-0.4, -0.2) is 12.2 Å². The maximum absolute atomic E-state index is 12.4. The molecular weight excluding hydrogens is 195 g/mol. The number of hydrogen-bond donors (Lipinski definition) is 2. The molecule has 0 bridgehead atoms. The van der Waals surface area contributed by atoms with E-state index in [9.17, 15) is 13.2 Å². The van der Waals surface area contributed by atoms with Gasteiger partial charge in [-0.2, -0.15) is 13.2 Å². The first kappa shape index (κ1) is 10.8. The van der Waals surface area contributed by atoms with Crippen LogP contribution in [0, 0.1) is 0 Å². The fourth-order valence-electron chi connectivity index (χ4n) is 1.17. The van der Waals surface area contributed by atoms with E-state index < -0.39 is 11.7 Å². The van der Waals surface area contributed by atoms with Crippen LogP contribution in [0.2, 0.25) is 0 Å². The lowest BCUT2D eigenvalue weighted by Crippen LogP contribution is -2.13. The van der Waals surface area contributed by atoms with Gasteiger partial charge >= 0.3 is 6.18 Å². The summed E-state index contributed by atoms with van der Waals surface area (Å²) in [5, 5.41) is 11.6. The van der Waals surface area contributed by atoms with Crippen molar-refractivity contribution in [3.63, 3.8) is 0 Å². The van der Waals surface area contributed by atoms with Gasteiger partial charge in [0.15, 0.2) is 0 Å². The quantitative estimate of drug-likeness (QED) is 0.775. The zero-order chi connectivity index (χ0) is 10.8. The van der Waals surface area contributed by atoms with E-state index in [2.05, 4.69) is 5.32 Å². The second-order valence-corrected chi connectivity index (χ2v) is 2.87. The number of rotatable bonds is 2. The molecule has 2 N–H and O–H groups in total. The Morgan fingerprint density at radius 1 is 1.36 bits per heavy atom. The molecule has 1 rings (SSSR count). The zero-order valence-corrected chi connectivity index (χ0v) is 7.52. The Balaban J connectivity index is 3.16. The molecule has 0 aliphatic heterocycles. The zero-order valence-electron chi connectivity index (χ0n) is 7.52. The average molecular weight is 205 g/mol. The van der Waals surface area contributed by atoms with Crippen LogP contribution in [0.25, 0.3) is 0 Å². The van der Waals surface area contributed by atoms with Crippen LogP contribution in [-0.2, 0) is 12.7 Å². The monoisotopic (exact) mass is 205 g/mol. The average Bonchev–Trinajstić information content (AvgIpc) is 2.07. The minimum Gasteiger partial charge on any atom is -0.508 e. The third kappa shape index (κ3) is 2.38. The number of alkyl halides is 3. The summed E-state index contributed by atoms with van der Waals surface area (Å²) in [5.74, 6) is -0.378. The molecule has 0 aliphatic carbocycles. The van der Waals surface area contributed by atoms with E-state index in [1.807, 2.05) is 0 Å². The molecule has 0 fully saturated rings. The molecule has 0 spiro atoms. The minimum atomic E-state index is -4.43. The summed E-state index contributed by atoms with van der Waals surface area (Å²) >= 11 is 0. The van der Waals surface area contributed by atoms with Gasteiger partial charge in [-0.1, -0.05) is 6.07 Å². The molecule has 0 heterocycles. The highest BCUT2D eigenvalue weighted by molar-refractivity contribution is 5.36. The normalized spacial score (nSPS) is 11.7. The number of phenols is 1. The maximum Gasteiger partial charge on any atom is 0.416 e. The molecular formula is C9H10F3NO. The van der Waals surface area contributed by atoms with Gasteiger partial charge in [0.25, 0.3) is 0 Å². The second kappa shape index (κ2) is 3.88. The molecule has 0 atom stereocenters. The summed E-state index contributed by atoms with van der Waals surface area (Å²) in [5.41, 5.74) is -0.676. The van der Waals surface area contributed by atoms with Gasteiger partial charge < -0.3 is 10.4 Å². The lowest BCUT2D eigenvalue weighted by atomic mass is 10.1. The first-order chi connectivity index (χ1) is 6.45. The summed E-state index contributed by atoms with van der Waals surface area (Å²) < 4.78 is 37.2. The lowest BCUT2D eigenvalue weighted by molar-refractivity contribution is -0.138. The van der Waals surface area contributed by atoms with Crippen LogP contribution in [0.15, 0.2) is 18.2 Å². The molecule has 14 heavy (non-hydrogen) atoms. The van der Waals surface area contributed by atoms with Crippen molar-refractivity contribution in [3.8, 4) is 5.75 Å². The van der Waals surface area contributed by atoms with Crippen molar-refractivity contribution >= 4 is 0 Å². The van der Waals surface area contributed by atoms with Crippen LogP contribution in [0.4, 0.5) is 13.2 Å². The Morgan fingerprint density at radius 2 is 2.00 bits per heavy atom. The Kier molecular flexibility index (Phi) is 3.00. The first-order valence-corrected chi connectivity index (χ1v) is 3.99. The van der Waals surface area contributed by atoms with E-state index >= 15 is 0 Å². The van der Waals surface area contributed by atoms with Gasteiger partial charge in [0.1, 0.15) is 5.75 Å². The standard InChI is InChI=1S/C9H10F3NO/c1-13-5-6-2-3-7(14)4-8(6)9(10,11)12/h2-4,13-14H,5H2,1H3. The van der Waals surface area contributed by atoms with Crippen LogP contribution in [0.1, 0.15) is 11.1 Å². The van der Waals surface area contributed by atoms with E-state index in [0.29, 0.717) is 0 Å². The maximum atomic E-state index is 12.4. The van der Waals surface area contributed by atoms with Crippen molar-refractivity contribution in [1.82, 2.24) is 5.32 Å². The summed E-state index contributed by atoms with van der Waals surface area (Å²) in [7, 11) is 1.56. The van der Waals surface area contributed by atoms with Crippen LogP contribution in [0.3, 0.4) is 0 Å². The third-order valence-corrected chi connectivity index (χ3v) is 1.77. The summed E-state index contributed by atoms with van der Waals surface area (Å²) in [6, 6.07) is 3.23. The fourth-order valence-corrected chi connectivity index (χ4v) is 1.17. The smallest absolute Gasteiger partial charge is 0.416 e. The van der Waals surface area contributed by atoms with Crippen molar-refractivity contribution in [2.24, 2.45) is 0 Å². The van der Waals surface area contributed by atoms with Gasteiger partial charge in [-0.25, -0.2) is 0 Å². The van der Waals surface area contributed by atoms with Crippen molar-refractivity contribution < 1.29 is 18.3 Å². The molecule has 1 aromatic carbocycles. The lowest BCUT2D eigenvalue weighted by Gasteiger charge is -2.12. The minimum absolute atomic E-state index is 0.120. The molecule has 0 saturated heterocycles. The van der Waals surface area contributed by atoms with Crippen LogP contribution < -0.4 is 5.32 Å². The highest BCUT2D eigenvalue weighted by atomic mass is 19.4. The molecule has 0 radical (unpaired) electrons. The largest absolute Gasteiger partial charge is 0.508 e. The van der Waals surface area contributed by atoms with E-state index in [0.717, 1.165) is 6.07 Å². The van der Waals surface area contributed by atoms with E-state index in [-0.39, 0.29) is 17.9 Å². The summed E-state index contributed by atoms with van der Waals surface area (Å²) in [6.07, 6.45) is -4.43. The van der Waals surface area contributed by atoms with Gasteiger partial charge in [-0.3, -0.25) is 0 Å². The highest BCUT2D eigenvalue weighted by Crippen LogP contribution is 2.33. The number of hydrogen-bond acceptors (Lipinski definition) is 2. The predicted molar refractivity (Wildman–Crippen MR) is 45.9 cm³/mol. The van der Waals surface area contributed by atoms with Gasteiger partial charge in [0.05, 0.1) is 5.56 Å². The number of phenolic OH excluding ortho intramolecular Hbond substituents is 1. The molecule has 0 aliphatic rings.